The smallest absolute Gasteiger partial charge is 0.257 e. The highest BCUT2D eigenvalue weighted by molar-refractivity contribution is 9.10. The second-order valence-corrected chi connectivity index (χ2v) is 5.68. The van der Waals surface area contributed by atoms with Crippen LogP contribution in [0.3, 0.4) is 0 Å². The highest BCUT2D eigenvalue weighted by Crippen LogP contribution is 2.21. The van der Waals surface area contributed by atoms with E-state index in [4.69, 9.17) is 5.73 Å². The molecule has 0 spiro atoms. The van der Waals surface area contributed by atoms with Crippen LogP contribution in [-0.2, 0) is 0 Å². The Kier molecular flexibility index (Phi) is 4.21. The summed E-state index contributed by atoms with van der Waals surface area (Å²) >= 11 is 6.61. The quantitative estimate of drug-likeness (QED) is 0.612. The lowest BCUT2D eigenvalue weighted by atomic mass is 10.1. The molecule has 1 heterocycles. The molecule has 0 aliphatic carbocycles. The first-order valence-corrected chi connectivity index (χ1v) is 7.04. The molecule has 2 rings (SSSR count). The summed E-state index contributed by atoms with van der Waals surface area (Å²) in [7, 11) is 0. The van der Waals surface area contributed by atoms with Gasteiger partial charge in [-0.25, -0.2) is 4.98 Å². The predicted octanol–water partition coefficient (Wildman–Crippen LogP) is 3.75. The molecule has 6 heteroatoms. The Morgan fingerprint density at radius 1 is 1.32 bits per heavy atom. The van der Waals surface area contributed by atoms with Crippen molar-refractivity contribution < 1.29 is 4.79 Å². The lowest BCUT2D eigenvalue weighted by Gasteiger charge is -2.08. The van der Waals surface area contributed by atoms with Gasteiger partial charge in [-0.1, -0.05) is 15.9 Å². The number of hydrogen-bond donors (Lipinski definition) is 2. The monoisotopic (exact) mass is 383 g/mol. The van der Waals surface area contributed by atoms with Crippen molar-refractivity contribution in [1.29, 1.82) is 0 Å². The average Bonchev–Trinajstić information content (AvgIpc) is 2.33. The van der Waals surface area contributed by atoms with Crippen LogP contribution in [0.1, 0.15) is 15.9 Å². The van der Waals surface area contributed by atoms with Crippen molar-refractivity contribution >= 4 is 49.1 Å². The van der Waals surface area contributed by atoms with Crippen molar-refractivity contribution in [3.8, 4) is 0 Å². The number of nitrogen functional groups attached to an aromatic ring is 1. The van der Waals surface area contributed by atoms with Gasteiger partial charge in [-0.2, -0.15) is 0 Å². The van der Waals surface area contributed by atoms with Gasteiger partial charge in [0.2, 0.25) is 0 Å². The number of aryl methyl sites for hydroxylation is 1. The number of rotatable bonds is 2. The maximum atomic E-state index is 12.1. The van der Waals surface area contributed by atoms with Gasteiger partial charge in [0.1, 0.15) is 4.60 Å². The summed E-state index contributed by atoms with van der Waals surface area (Å²) in [4.78, 5) is 16.2. The molecule has 19 heavy (non-hydrogen) atoms. The minimum absolute atomic E-state index is 0.256. The van der Waals surface area contributed by atoms with Crippen LogP contribution >= 0.6 is 31.9 Å². The van der Waals surface area contributed by atoms with Crippen molar-refractivity contribution in [3.05, 3.63) is 50.7 Å². The highest BCUT2D eigenvalue weighted by atomic mass is 79.9. The number of hydrogen-bond acceptors (Lipinski definition) is 3. The Balaban J connectivity index is 2.23. The second-order valence-electron chi connectivity index (χ2n) is 4.02. The zero-order chi connectivity index (χ0) is 14.0. The SMILES string of the molecule is Cc1cc(NC(=O)c2ccc(Br)cc2N)cnc1Br. The molecule has 98 valence electrons. The van der Waals surface area contributed by atoms with E-state index in [-0.39, 0.29) is 5.91 Å². The standard InChI is InChI=1S/C13H11Br2N3O/c1-7-4-9(6-17-12(7)15)18-13(19)10-3-2-8(14)5-11(10)16/h2-6H,16H2,1H3,(H,18,19). The van der Waals surface area contributed by atoms with Gasteiger partial charge >= 0.3 is 0 Å². The number of benzene rings is 1. The van der Waals surface area contributed by atoms with E-state index in [1.54, 1.807) is 24.4 Å². The fourth-order valence-electron chi connectivity index (χ4n) is 1.57. The number of carbonyl (C=O) groups is 1. The van der Waals surface area contributed by atoms with Crippen LogP contribution < -0.4 is 11.1 Å². The molecule has 3 N–H and O–H groups in total. The molecule has 2 aromatic rings. The highest BCUT2D eigenvalue weighted by Gasteiger charge is 2.10. The third-order valence-corrected chi connectivity index (χ3v) is 3.85. The number of pyridine rings is 1. The maximum absolute atomic E-state index is 12.1. The van der Waals surface area contributed by atoms with Crippen LogP contribution in [0.15, 0.2) is 39.5 Å². The summed E-state index contributed by atoms with van der Waals surface area (Å²) < 4.78 is 1.59. The average molecular weight is 385 g/mol. The number of nitrogens with one attached hydrogen (secondary N) is 1. The van der Waals surface area contributed by atoms with Gasteiger partial charge in [0, 0.05) is 10.2 Å². The van der Waals surface area contributed by atoms with Gasteiger partial charge in [-0.3, -0.25) is 4.79 Å². The lowest BCUT2D eigenvalue weighted by molar-refractivity contribution is 0.102. The van der Waals surface area contributed by atoms with Gasteiger partial charge in [0.25, 0.3) is 5.91 Å². The van der Waals surface area contributed by atoms with E-state index in [0.717, 1.165) is 14.6 Å². The van der Waals surface area contributed by atoms with Crippen molar-refractivity contribution in [2.24, 2.45) is 0 Å². The van der Waals surface area contributed by atoms with E-state index in [9.17, 15) is 4.79 Å². The molecule has 0 unspecified atom stereocenters. The lowest BCUT2D eigenvalue weighted by Crippen LogP contribution is -2.14. The van der Waals surface area contributed by atoms with Crippen molar-refractivity contribution in [1.82, 2.24) is 4.98 Å². The molecule has 1 aromatic carbocycles. The number of carbonyl (C=O) groups excluding carboxylic acids is 1. The molecule has 0 saturated heterocycles. The molecule has 4 nitrogen and oxygen atoms in total. The van der Waals surface area contributed by atoms with Crippen LogP contribution in [0.2, 0.25) is 0 Å². The molecule has 0 saturated carbocycles. The number of anilines is 2. The molecule has 1 amide bonds. The third-order valence-electron chi connectivity index (χ3n) is 2.53. The zero-order valence-corrected chi connectivity index (χ0v) is 13.2. The minimum atomic E-state index is -0.256. The van der Waals surface area contributed by atoms with Gasteiger partial charge < -0.3 is 11.1 Å². The summed E-state index contributed by atoms with van der Waals surface area (Å²) in [6.07, 6.45) is 1.59. The van der Waals surface area contributed by atoms with Crippen molar-refractivity contribution in [2.75, 3.05) is 11.1 Å². The molecule has 0 radical (unpaired) electrons. The molecular formula is C13H11Br2N3O. The summed E-state index contributed by atoms with van der Waals surface area (Å²) in [5.41, 5.74) is 8.25. The van der Waals surface area contributed by atoms with Gasteiger partial charge in [0.15, 0.2) is 0 Å². The molecule has 0 aliphatic rings. The van der Waals surface area contributed by atoms with Crippen molar-refractivity contribution in [3.63, 3.8) is 0 Å². The Hall–Kier alpha value is -1.40. The van der Waals surface area contributed by atoms with E-state index in [1.165, 1.54) is 0 Å². The van der Waals surface area contributed by atoms with E-state index in [1.807, 2.05) is 13.0 Å². The first kappa shape index (κ1) is 14.0. The minimum Gasteiger partial charge on any atom is -0.398 e. The molecule has 0 aliphatic heterocycles. The summed E-state index contributed by atoms with van der Waals surface area (Å²) in [5, 5.41) is 2.77. The zero-order valence-electron chi connectivity index (χ0n) is 10.1. The molecular weight excluding hydrogens is 374 g/mol. The molecule has 0 bridgehead atoms. The van der Waals surface area contributed by atoms with Crippen LogP contribution in [0.25, 0.3) is 0 Å². The van der Waals surface area contributed by atoms with Gasteiger partial charge in [-0.15, -0.1) is 0 Å². The van der Waals surface area contributed by atoms with E-state index in [2.05, 4.69) is 42.2 Å². The number of amides is 1. The Morgan fingerprint density at radius 3 is 2.68 bits per heavy atom. The third kappa shape index (κ3) is 3.33. The summed E-state index contributed by atoms with van der Waals surface area (Å²) in [6.45, 7) is 1.90. The van der Waals surface area contributed by atoms with Crippen molar-refractivity contribution in [2.45, 2.75) is 6.92 Å². The fraction of sp³-hybridized carbons (Fsp3) is 0.0769. The summed E-state index contributed by atoms with van der Waals surface area (Å²) in [5.74, 6) is -0.256. The number of aromatic nitrogens is 1. The van der Waals surface area contributed by atoms with E-state index < -0.39 is 0 Å². The van der Waals surface area contributed by atoms with E-state index >= 15 is 0 Å². The number of nitrogens with two attached hydrogens (primary N) is 1. The van der Waals surface area contributed by atoms with Crippen LogP contribution in [-0.4, -0.2) is 10.9 Å². The maximum Gasteiger partial charge on any atom is 0.257 e. The molecule has 0 fully saturated rings. The first-order chi connectivity index (χ1) is 8.97. The van der Waals surface area contributed by atoms with Gasteiger partial charge in [0.05, 0.1) is 17.4 Å². The molecule has 1 aromatic heterocycles. The Bertz CT molecular complexity index is 644. The predicted molar refractivity (Wildman–Crippen MR) is 83.2 cm³/mol. The second kappa shape index (κ2) is 5.71. The normalized spacial score (nSPS) is 10.3. The first-order valence-electron chi connectivity index (χ1n) is 5.46. The van der Waals surface area contributed by atoms with E-state index in [0.29, 0.717) is 16.9 Å². The van der Waals surface area contributed by atoms with Crippen LogP contribution in [0.4, 0.5) is 11.4 Å². The number of nitrogens with zero attached hydrogens (tertiary/aromatic N) is 1. The Labute approximate surface area is 127 Å². The largest absolute Gasteiger partial charge is 0.398 e. The Morgan fingerprint density at radius 2 is 2.05 bits per heavy atom. The molecule has 0 atom stereocenters. The van der Waals surface area contributed by atoms with Crippen LogP contribution in [0, 0.1) is 6.92 Å². The van der Waals surface area contributed by atoms with Crippen LogP contribution in [0.5, 0.6) is 0 Å². The fourth-order valence-corrected chi connectivity index (χ4v) is 2.16. The van der Waals surface area contributed by atoms with Gasteiger partial charge in [-0.05, 0) is 52.7 Å². The topological polar surface area (TPSA) is 68.0 Å². The summed E-state index contributed by atoms with van der Waals surface area (Å²) in [6, 6.07) is 6.98. The number of halogens is 2.